The van der Waals surface area contributed by atoms with Crippen molar-refractivity contribution in [2.45, 2.75) is 31.3 Å². The van der Waals surface area contributed by atoms with Crippen molar-refractivity contribution < 1.29 is 4.74 Å². The Balaban J connectivity index is 1.74. The molecule has 3 rings (SSSR count). The second-order valence-electron chi connectivity index (χ2n) is 7.22. The normalized spacial score (nSPS) is 15.4. The zero-order valence-corrected chi connectivity index (χ0v) is 17.7. The third-order valence-corrected chi connectivity index (χ3v) is 5.85. The molecule has 0 amide bonds. The number of hydrogen-bond acceptors (Lipinski definition) is 5. The highest BCUT2D eigenvalue weighted by atomic mass is 32.2. The van der Waals surface area contributed by atoms with E-state index in [1.165, 1.54) is 16.1 Å². The summed E-state index contributed by atoms with van der Waals surface area (Å²) in [5.74, 6) is 1.80. The molecule has 0 aromatic heterocycles. The molecule has 0 bridgehead atoms. The van der Waals surface area contributed by atoms with Gasteiger partial charge in [-0.2, -0.15) is 0 Å². The number of nitrogens with zero attached hydrogens (tertiary/aromatic N) is 2. The zero-order chi connectivity index (χ0) is 19.2. The first-order valence-corrected chi connectivity index (χ1v) is 10.9. The highest BCUT2D eigenvalue weighted by Crippen LogP contribution is 2.31. The first-order chi connectivity index (χ1) is 13.1. The molecular formula is C22H31N3OS. The molecule has 146 valence electrons. The molecule has 1 N–H and O–H groups in total. The molecule has 1 saturated heterocycles. The van der Waals surface area contributed by atoms with Gasteiger partial charge in [-0.15, -0.1) is 11.8 Å². The molecule has 0 atom stereocenters. The smallest absolute Gasteiger partial charge is 0.132 e. The van der Waals surface area contributed by atoms with Gasteiger partial charge in [-0.05, 0) is 69.6 Å². The molecule has 1 aliphatic heterocycles. The molecule has 2 aromatic rings. The van der Waals surface area contributed by atoms with E-state index in [4.69, 9.17) is 4.74 Å². The van der Waals surface area contributed by atoms with E-state index >= 15 is 0 Å². The first kappa shape index (κ1) is 20.1. The lowest BCUT2D eigenvalue weighted by atomic mass is 10.1. The van der Waals surface area contributed by atoms with Gasteiger partial charge in [0.15, 0.2) is 0 Å². The van der Waals surface area contributed by atoms with E-state index in [-0.39, 0.29) is 0 Å². The predicted octanol–water partition coefficient (Wildman–Crippen LogP) is 4.45. The van der Waals surface area contributed by atoms with E-state index in [0.717, 1.165) is 44.2 Å². The SMILES string of the molecule is CNCc1cc(N2CCN(C(C)C)CC2)ccc1Oc1ccc(SC)cc1. The molecule has 0 saturated carbocycles. The van der Waals surface area contributed by atoms with Crippen molar-refractivity contribution in [2.75, 3.05) is 44.4 Å². The van der Waals surface area contributed by atoms with Crippen LogP contribution >= 0.6 is 11.8 Å². The van der Waals surface area contributed by atoms with E-state index in [1.54, 1.807) is 11.8 Å². The summed E-state index contributed by atoms with van der Waals surface area (Å²) in [6.07, 6.45) is 2.08. The lowest BCUT2D eigenvalue weighted by Crippen LogP contribution is -2.48. The Morgan fingerprint density at radius 1 is 1.04 bits per heavy atom. The van der Waals surface area contributed by atoms with Crippen LogP contribution in [0.2, 0.25) is 0 Å². The Kier molecular flexibility index (Phi) is 7.05. The standard InChI is InChI=1S/C22H31N3OS/c1-17(2)24-11-13-25(14-12-24)19-5-10-22(18(15-19)16-23-3)26-20-6-8-21(27-4)9-7-20/h5-10,15,17,23H,11-14,16H2,1-4H3. The highest BCUT2D eigenvalue weighted by Gasteiger charge is 2.19. The number of hydrogen-bond donors (Lipinski definition) is 1. The Labute approximate surface area is 167 Å². The van der Waals surface area contributed by atoms with Gasteiger partial charge in [0.2, 0.25) is 0 Å². The molecule has 1 fully saturated rings. The van der Waals surface area contributed by atoms with E-state index in [9.17, 15) is 0 Å². The number of anilines is 1. The molecule has 2 aromatic carbocycles. The van der Waals surface area contributed by atoms with E-state index in [2.05, 4.69) is 65.6 Å². The largest absolute Gasteiger partial charge is 0.457 e. The molecule has 27 heavy (non-hydrogen) atoms. The number of benzene rings is 2. The fourth-order valence-electron chi connectivity index (χ4n) is 3.46. The van der Waals surface area contributed by atoms with Gasteiger partial charge >= 0.3 is 0 Å². The highest BCUT2D eigenvalue weighted by molar-refractivity contribution is 7.98. The maximum Gasteiger partial charge on any atom is 0.132 e. The Bertz CT molecular complexity index is 725. The molecule has 0 radical (unpaired) electrons. The zero-order valence-electron chi connectivity index (χ0n) is 16.9. The maximum absolute atomic E-state index is 6.18. The van der Waals surface area contributed by atoms with Crippen LogP contribution < -0.4 is 15.0 Å². The number of rotatable bonds is 7. The fraction of sp³-hybridized carbons (Fsp3) is 0.455. The minimum Gasteiger partial charge on any atom is -0.457 e. The number of ether oxygens (including phenoxy) is 1. The minimum absolute atomic E-state index is 0.625. The Hall–Kier alpha value is -1.69. The summed E-state index contributed by atoms with van der Waals surface area (Å²) < 4.78 is 6.18. The average molecular weight is 386 g/mol. The summed E-state index contributed by atoms with van der Waals surface area (Å²) in [6, 6.07) is 15.5. The lowest BCUT2D eigenvalue weighted by Gasteiger charge is -2.38. The average Bonchev–Trinajstić information content (AvgIpc) is 2.70. The Morgan fingerprint density at radius 2 is 1.74 bits per heavy atom. The topological polar surface area (TPSA) is 27.7 Å². The van der Waals surface area contributed by atoms with Gasteiger partial charge in [-0.25, -0.2) is 0 Å². The first-order valence-electron chi connectivity index (χ1n) is 9.69. The van der Waals surface area contributed by atoms with Crippen LogP contribution in [-0.4, -0.2) is 50.4 Å². The number of piperazine rings is 1. The van der Waals surface area contributed by atoms with Crippen LogP contribution in [0, 0.1) is 0 Å². The van der Waals surface area contributed by atoms with Crippen molar-refractivity contribution in [1.29, 1.82) is 0 Å². The molecule has 5 heteroatoms. The minimum atomic E-state index is 0.625. The second-order valence-corrected chi connectivity index (χ2v) is 8.10. The summed E-state index contributed by atoms with van der Waals surface area (Å²) in [7, 11) is 1.98. The van der Waals surface area contributed by atoms with Gasteiger partial charge in [-0.1, -0.05) is 0 Å². The van der Waals surface area contributed by atoms with Crippen LogP contribution in [0.4, 0.5) is 5.69 Å². The van der Waals surface area contributed by atoms with Crippen molar-refractivity contribution in [2.24, 2.45) is 0 Å². The van der Waals surface area contributed by atoms with E-state index in [1.807, 2.05) is 19.2 Å². The summed E-state index contributed by atoms with van der Waals surface area (Å²) in [4.78, 5) is 6.27. The third-order valence-electron chi connectivity index (χ3n) is 5.11. The van der Waals surface area contributed by atoms with Crippen molar-refractivity contribution in [3.63, 3.8) is 0 Å². The van der Waals surface area contributed by atoms with Gasteiger partial charge < -0.3 is 15.0 Å². The van der Waals surface area contributed by atoms with Crippen LogP contribution in [0.1, 0.15) is 19.4 Å². The molecule has 0 spiro atoms. The van der Waals surface area contributed by atoms with E-state index in [0.29, 0.717) is 6.04 Å². The van der Waals surface area contributed by atoms with Gasteiger partial charge in [0.25, 0.3) is 0 Å². The predicted molar refractivity (Wildman–Crippen MR) is 116 cm³/mol. The fourth-order valence-corrected chi connectivity index (χ4v) is 3.87. The van der Waals surface area contributed by atoms with E-state index < -0.39 is 0 Å². The van der Waals surface area contributed by atoms with Gasteiger partial charge in [0, 0.05) is 54.9 Å². The van der Waals surface area contributed by atoms with Crippen molar-refractivity contribution >= 4 is 17.4 Å². The van der Waals surface area contributed by atoms with Crippen LogP contribution in [0.5, 0.6) is 11.5 Å². The van der Waals surface area contributed by atoms with Gasteiger partial charge in [-0.3, -0.25) is 4.90 Å². The summed E-state index contributed by atoms with van der Waals surface area (Å²) in [5.41, 5.74) is 2.48. The second kappa shape index (κ2) is 9.49. The summed E-state index contributed by atoms with van der Waals surface area (Å²) in [6.45, 7) is 9.74. The van der Waals surface area contributed by atoms with Crippen LogP contribution in [0.15, 0.2) is 47.4 Å². The summed E-state index contributed by atoms with van der Waals surface area (Å²) in [5, 5.41) is 3.27. The number of thioether (sulfide) groups is 1. The van der Waals surface area contributed by atoms with Crippen molar-refractivity contribution in [3.05, 3.63) is 48.0 Å². The lowest BCUT2D eigenvalue weighted by molar-refractivity contribution is 0.209. The van der Waals surface area contributed by atoms with Crippen molar-refractivity contribution in [3.8, 4) is 11.5 Å². The molecule has 1 aliphatic rings. The summed E-state index contributed by atoms with van der Waals surface area (Å²) >= 11 is 1.74. The number of nitrogens with one attached hydrogen (secondary N) is 1. The van der Waals surface area contributed by atoms with Crippen LogP contribution in [-0.2, 0) is 6.54 Å². The van der Waals surface area contributed by atoms with Crippen LogP contribution in [0.25, 0.3) is 0 Å². The van der Waals surface area contributed by atoms with Crippen molar-refractivity contribution in [1.82, 2.24) is 10.2 Å². The Morgan fingerprint density at radius 3 is 2.33 bits per heavy atom. The molecule has 0 unspecified atom stereocenters. The maximum atomic E-state index is 6.18. The van der Waals surface area contributed by atoms with Gasteiger partial charge in [0.1, 0.15) is 11.5 Å². The molecule has 1 heterocycles. The van der Waals surface area contributed by atoms with Crippen LogP contribution in [0.3, 0.4) is 0 Å². The quantitative estimate of drug-likeness (QED) is 0.711. The monoisotopic (exact) mass is 385 g/mol. The van der Waals surface area contributed by atoms with Gasteiger partial charge in [0.05, 0.1) is 0 Å². The molecule has 0 aliphatic carbocycles. The molecule has 4 nitrogen and oxygen atoms in total. The third kappa shape index (κ3) is 5.18. The molecular weight excluding hydrogens is 354 g/mol.